The summed E-state index contributed by atoms with van der Waals surface area (Å²) < 4.78 is 20.5. The highest BCUT2D eigenvalue weighted by Crippen LogP contribution is 2.38. The lowest BCUT2D eigenvalue weighted by atomic mass is 10.1. The van der Waals surface area contributed by atoms with E-state index in [1.807, 2.05) is 18.2 Å². The highest BCUT2D eigenvalue weighted by molar-refractivity contribution is 5.86. The van der Waals surface area contributed by atoms with Gasteiger partial charge in [-0.15, -0.1) is 0 Å². The van der Waals surface area contributed by atoms with E-state index in [4.69, 9.17) is 9.47 Å². The van der Waals surface area contributed by atoms with Crippen LogP contribution in [-0.4, -0.2) is 38.4 Å². The normalized spacial score (nSPS) is 28.9. The maximum absolute atomic E-state index is 11.7. The predicted octanol–water partition coefficient (Wildman–Crippen LogP) is 0.989. The molecule has 0 aromatic heterocycles. The van der Waals surface area contributed by atoms with Crippen molar-refractivity contribution in [3.63, 3.8) is 0 Å². The summed E-state index contributed by atoms with van der Waals surface area (Å²) in [6.07, 6.45) is -2.31. The number of carbonyl (C=O) groups excluding carboxylic acids is 2. The summed E-state index contributed by atoms with van der Waals surface area (Å²) in [5, 5.41) is 0. The first-order valence-corrected chi connectivity index (χ1v) is 6.08. The van der Waals surface area contributed by atoms with Gasteiger partial charge >= 0.3 is 11.9 Å². The number of ether oxygens (including phenoxy) is 4. The standard InChI is InChI=1S/C14H16O6/c1-14(9-7-5-4-6-8-9)19-10(12(15)17-2)11(20-14)13(16)18-3/h4-8,10-11H,1-3H3/t10-,11+,14-. The van der Waals surface area contributed by atoms with Crippen LogP contribution in [-0.2, 0) is 34.3 Å². The van der Waals surface area contributed by atoms with Gasteiger partial charge in [0.05, 0.1) is 14.2 Å². The zero-order valence-corrected chi connectivity index (χ0v) is 11.5. The van der Waals surface area contributed by atoms with Crippen LogP contribution in [0.1, 0.15) is 12.5 Å². The van der Waals surface area contributed by atoms with Crippen LogP contribution in [0, 0.1) is 0 Å². The van der Waals surface area contributed by atoms with Gasteiger partial charge in [-0.1, -0.05) is 30.3 Å². The van der Waals surface area contributed by atoms with Gasteiger partial charge in [0, 0.05) is 5.56 Å². The second kappa shape index (κ2) is 5.60. The van der Waals surface area contributed by atoms with Gasteiger partial charge in [-0.25, -0.2) is 9.59 Å². The lowest BCUT2D eigenvalue weighted by Gasteiger charge is -2.23. The second-order valence-corrected chi connectivity index (χ2v) is 4.43. The number of rotatable bonds is 3. The zero-order valence-electron chi connectivity index (χ0n) is 11.5. The van der Waals surface area contributed by atoms with E-state index in [0.717, 1.165) is 0 Å². The van der Waals surface area contributed by atoms with E-state index in [-0.39, 0.29) is 0 Å². The Labute approximate surface area is 116 Å². The van der Waals surface area contributed by atoms with E-state index in [1.165, 1.54) is 14.2 Å². The van der Waals surface area contributed by atoms with Crippen LogP contribution in [0.5, 0.6) is 0 Å². The summed E-state index contributed by atoms with van der Waals surface area (Å²) in [6.45, 7) is 1.64. The van der Waals surface area contributed by atoms with Gasteiger partial charge in [0.2, 0.25) is 0 Å². The minimum Gasteiger partial charge on any atom is -0.467 e. The number of hydrogen-bond acceptors (Lipinski definition) is 6. The second-order valence-electron chi connectivity index (χ2n) is 4.43. The highest BCUT2D eigenvalue weighted by Gasteiger charge is 2.53. The Kier molecular flexibility index (Phi) is 4.06. The Balaban J connectivity index is 2.32. The minimum absolute atomic E-state index is 0.681. The first kappa shape index (κ1) is 14.5. The lowest BCUT2D eigenvalue weighted by molar-refractivity contribution is -0.185. The minimum atomic E-state index is -1.21. The molecule has 6 heteroatoms. The molecule has 0 spiro atoms. The zero-order chi connectivity index (χ0) is 14.8. The first-order chi connectivity index (χ1) is 9.51. The van der Waals surface area contributed by atoms with Crippen LogP contribution < -0.4 is 0 Å². The Morgan fingerprint density at radius 3 is 1.85 bits per heavy atom. The quantitative estimate of drug-likeness (QED) is 0.769. The molecule has 1 saturated heterocycles. The van der Waals surface area contributed by atoms with E-state index in [1.54, 1.807) is 19.1 Å². The van der Waals surface area contributed by atoms with Gasteiger partial charge in [-0.2, -0.15) is 0 Å². The van der Waals surface area contributed by atoms with Crippen LogP contribution >= 0.6 is 0 Å². The Morgan fingerprint density at radius 1 is 1.00 bits per heavy atom. The van der Waals surface area contributed by atoms with Crippen LogP contribution in [0.25, 0.3) is 0 Å². The molecule has 0 saturated carbocycles. The fourth-order valence-corrected chi connectivity index (χ4v) is 2.09. The van der Waals surface area contributed by atoms with Gasteiger partial charge in [0.1, 0.15) is 0 Å². The number of benzene rings is 1. The molecule has 0 bridgehead atoms. The maximum atomic E-state index is 11.7. The maximum Gasteiger partial charge on any atom is 0.338 e. The summed E-state index contributed by atoms with van der Waals surface area (Å²) in [6, 6.07) is 9.04. The number of methoxy groups -OCH3 is 2. The third-order valence-electron chi connectivity index (χ3n) is 3.14. The van der Waals surface area contributed by atoms with Gasteiger partial charge in [-0.3, -0.25) is 0 Å². The molecule has 108 valence electrons. The van der Waals surface area contributed by atoms with Crippen molar-refractivity contribution in [2.75, 3.05) is 14.2 Å². The molecule has 1 aliphatic heterocycles. The molecular weight excluding hydrogens is 264 g/mol. The van der Waals surface area contributed by atoms with Crippen molar-refractivity contribution in [2.24, 2.45) is 0 Å². The Bertz CT molecular complexity index is 474. The van der Waals surface area contributed by atoms with E-state index in [0.29, 0.717) is 5.56 Å². The molecule has 20 heavy (non-hydrogen) atoms. The third kappa shape index (κ3) is 2.52. The van der Waals surface area contributed by atoms with Gasteiger partial charge in [0.25, 0.3) is 0 Å². The number of esters is 2. The smallest absolute Gasteiger partial charge is 0.338 e. The first-order valence-electron chi connectivity index (χ1n) is 6.08. The molecule has 1 heterocycles. The average molecular weight is 280 g/mol. The third-order valence-corrected chi connectivity index (χ3v) is 3.14. The highest BCUT2D eigenvalue weighted by atomic mass is 16.8. The Hall–Kier alpha value is -1.92. The van der Waals surface area contributed by atoms with E-state index < -0.39 is 29.9 Å². The summed E-state index contributed by atoms with van der Waals surface area (Å²) in [7, 11) is 2.44. The summed E-state index contributed by atoms with van der Waals surface area (Å²) in [5.74, 6) is -2.57. The van der Waals surface area contributed by atoms with Crippen LogP contribution in [0.2, 0.25) is 0 Å². The Morgan fingerprint density at radius 2 is 1.45 bits per heavy atom. The van der Waals surface area contributed by atoms with Crippen LogP contribution in [0.3, 0.4) is 0 Å². The molecule has 1 fully saturated rings. The molecule has 0 radical (unpaired) electrons. The van der Waals surface area contributed by atoms with Crippen molar-refractivity contribution in [3.05, 3.63) is 35.9 Å². The molecule has 1 aromatic carbocycles. The summed E-state index contributed by atoms with van der Waals surface area (Å²) >= 11 is 0. The van der Waals surface area contributed by atoms with Crippen molar-refractivity contribution in [1.29, 1.82) is 0 Å². The molecule has 0 unspecified atom stereocenters. The molecule has 1 aliphatic rings. The summed E-state index contributed by atoms with van der Waals surface area (Å²) in [4.78, 5) is 23.5. The molecule has 0 amide bonds. The fraction of sp³-hybridized carbons (Fsp3) is 0.429. The van der Waals surface area contributed by atoms with Crippen LogP contribution in [0.4, 0.5) is 0 Å². The fourth-order valence-electron chi connectivity index (χ4n) is 2.09. The molecule has 2 rings (SSSR count). The van der Waals surface area contributed by atoms with Crippen molar-refractivity contribution in [1.82, 2.24) is 0 Å². The molecule has 6 nitrogen and oxygen atoms in total. The molecule has 0 N–H and O–H groups in total. The predicted molar refractivity (Wildman–Crippen MR) is 67.6 cm³/mol. The largest absolute Gasteiger partial charge is 0.467 e. The van der Waals surface area contributed by atoms with E-state index in [9.17, 15) is 9.59 Å². The van der Waals surface area contributed by atoms with Gasteiger partial charge in [-0.05, 0) is 6.92 Å². The van der Waals surface area contributed by atoms with Crippen molar-refractivity contribution < 1.29 is 28.5 Å². The van der Waals surface area contributed by atoms with Gasteiger partial charge < -0.3 is 18.9 Å². The molecular formula is C14H16O6. The number of hydrogen-bond donors (Lipinski definition) is 0. The summed E-state index contributed by atoms with van der Waals surface area (Å²) in [5.41, 5.74) is 0.695. The van der Waals surface area contributed by atoms with E-state index in [2.05, 4.69) is 9.47 Å². The number of carbonyl (C=O) groups is 2. The average Bonchev–Trinajstić information content (AvgIpc) is 2.86. The SMILES string of the molecule is COC(=O)[C@H]1O[C@](C)(c2ccccc2)O[C@H]1C(=O)OC. The van der Waals surface area contributed by atoms with Gasteiger partial charge in [0.15, 0.2) is 18.0 Å². The monoisotopic (exact) mass is 280 g/mol. The van der Waals surface area contributed by atoms with E-state index >= 15 is 0 Å². The topological polar surface area (TPSA) is 71.1 Å². The van der Waals surface area contributed by atoms with Crippen molar-refractivity contribution in [3.8, 4) is 0 Å². The van der Waals surface area contributed by atoms with Crippen molar-refractivity contribution in [2.45, 2.75) is 24.9 Å². The lowest BCUT2D eigenvalue weighted by Crippen LogP contribution is -2.38. The molecule has 1 aromatic rings. The van der Waals surface area contributed by atoms with Crippen molar-refractivity contribution >= 4 is 11.9 Å². The molecule has 0 aliphatic carbocycles. The molecule has 3 atom stereocenters. The van der Waals surface area contributed by atoms with Crippen LogP contribution in [0.15, 0.2) is 30.3 Å².